The van der Waals surface area contributed by atoms with Crippen molar-refractivity contribution in [2.75, 3.05) is 7.05 Å². The minimum atomic E-state index is -4.58. The molecule has 5 nitrogen and oxygen atoms in total. The number of carbonyl (C=O) groups excluding carboxylic acids is 1. The molecule has 92 valence electrons. The molecule has 2 aromatic rings. The number of nitrogens with zero attached hydrogens (tertiary/aromatic N) is 3. The first-order chi connectivity index (χ1) is 7.84. The normalized spacial score (nSPS) is 12.1. The van der Waals surface area contributed by atoms with E-state index in [2.05, 4.69) is 15.4 Å². The Morgan fingerprint density at radius 3 is 2.59 bits per heavy atom. The molecular formula is C8H7F3N4OS. The Morgan fingerprint density at radius 1 is 1.47 bits per heavy atom. The topological polar surface area (TPSA) is 59.3 Å². The van der Waals surface area contributed by atoms with Crippen molar-refractivity contribution in [2.45, 2.75) is 13.1 Å². The van der Waals surface area contributed by atoms with E-state index in [4.69, 9.17) is 0 Å². The minimum Gasteiger partial charge on any atom is -0.354 e. The molecule has 0 spiro atoms. The van der Waals surface area contributed by atoms with Crippen molar-refractivity contribution in [1.82, 2.24) is 19.9 Å². The monoisotopic (exact) mass is 264 g/mol. The molecule has 0 atom stereocenters. The zero-order chi connectivity index (χ0) is 12.8. The van der Waals surface area contributed by atoms with E-state index in [-0.39, 0.29) is 10.9 Å². The van der Waals surface area contributed by atoms with Crippen LogP contribution in [-0.4, -0.2) is 27.6 Å². The average Bonchev–Trinajstić information content (AvgIpc) is 2.77. The lowest BCUT2D eigenvalue weighted by Crippen LogP contribution is -2.17. The fourth-order valence-corrected chi connectivity index (χ4v) is 2.30. The number of rotatable bonds is 1. The van der Waals surface area contributed by atoms with Gasteiger partial charge in [0.25, 0.3) is 11.7 Å². The van der Waals surface area contributed by atoms with Gasteiger partial charge < -0.3 is 5.32 Å². The highest BCUT2D eigenvalue weighted by Crippen LogP contribution is 2.29. The molecule has 0 saturated heterocycles. The molecule has 17 heavy (non-hydrogen) atoms. The molecule has 0 aliphatic rings. The van der Waals surface area contributed by atoms with Crippen LogP contribution in [0.3, 0.4) is 0 Å². The summed E-state index contributed by atoms with van der Waals surface area (Å²) in [6, 6.07) is 0. The van der Waals surface area contributed by atoms with Crippen molar-refractivity contribution in [1.29, 1.82) is 0 Å². The van der Waals surface area contributed by atoms with Crippen LogP contribution in [0, 0.1) is 6.92 Å². The van der Waals surface area contributed by atoms with Crippen molar-refractivity contribution in [3.05, 3.63) is 16.4 Å². The van der Waals surface area contributed by atoms with Crippen molar-refractivity contribution in [2.24, 2.45) is 0 Å². The molecule has 0 unspecified atom stereocenters. The van der Waals surface area contributed by atoms with Gasteiger partial charge in [0, 0.05) is 7.05 Å². The number of nitrogens with one attached hydrogen (secondary N) is 1. The van der Waals surface area contributed by atoms with Crippen LogP contribution in [0.2, 0.25) is 0 Å². The highest BCUT2D eigenvalue weighted by Gasteiger charge is 2.37. The summed E-state index contributed by atoms with van der Waals surface area (Å²) in [5, 5.41) is 5.73. The van der Waals surface area contributed by atoms with E-state index in [1.165, 1.54) is 14.0 Å². The largest absolute Gasteiger partial charge is 0.453 e. The number of fused-ring (bicyclic) bond motifs is 1. The highest BCUT2D eigenvalue weighted by atomic mass is 32.1. The molecule has 0 bridgehead atoms. The summed E-state index contributed by atoms with van der Waals surface area (Å²) >= 11 is 0.871. The standard InChI is InChI=1S/C8H7F3N4OS/c1-3-4(5(16)12-2)17-7-13-6(8(9,10)11)14-15(3)7/h1-2H3,(H,12,16). The number of hydrogen-bond acceptors (Lipinski definition) is 4. The van der Waals surface area contributed by atoms with Crippen molar-refractivity contribution in [3.63, 3.8) is 0 Å². The third-order valence-corrected chi connectivity index (χ3v) is 3.24. The van der Waals surface area contributed by atoms with E-state index in [9.17, 15) is 18.0 Å². The smallest absolute Gasteiger partial charge is 0.354 e. The quantitative estimate of drug-likeness (QED) is 0.848. The fraction of sp³-hybridized carbons (Fsp3) is 0.375. The maximum atomic E-state index is 12.3. The summed E-state index contributed by atoms with van der Waals surface area (Å²) in [7, 11) is 1.44. The molecule has 2 aromatic heterocycles. The fourth-order valence-electron chi connectivity index (χ4n) is 1.29. The molecule has 0 saturated carbocycles. The Kier molecular flexibility index (Phi) is 2.57. The Bertz CT molecular complexity index is 585. The number of aryl methyl sites for hydroxylation is 1. The van der Waals surface area contributed by atoms with Gasteiger partial charge in [-0.05, 0) is 6.92 Å². The minimum absolute atomic E-state index is 0.0495. The first-order valence-electron chi connectivity index (χ1n) is 4.50. The maximum Gasteiger partial charge on any atom is 0.453 e. The lowest BCUT2D eigenvalue weighted by atomic mass is 10.4. The second-order valence-electron chi connectivity index (χ2n) is 3.22. The van der Waals surface area contributed by atoms with Gasteiger partial charge in [0.2, 0.25) is 4.96 Å². The predicted molar refractivity (Wildman–Crippen MR) is 54.0 cm³/mol. The molecule has 0 aliphatic carbocycles. The summed E-state index contributed by atoms with van der Waals surface area (Å²) < 4.78 is 38.1. The van der Waals surface area contributed by atoms with Crippen LogP contribution in [0.1, 0.15) is 21.2 Å². The molecule has 0 radical (unpaired) electrons. The average molecular weight is 264 g/mol. The van der Waals surface area contributed by atoms with Crippen molar-refractivity contribution < 1.29 is 18.0 Å². The van der Waals surface area contributed by atoms with E-state index < -0.39 is 12.0 Å². The van der Waals surface area contributed by atoms with E-state index in [1.54, 1.807) is 0 Å². The van der Waals surface area contributed by atoms with Gasteiger partial charge in [-0.3, -0.25) is 4.79 Å². The molecule has 0 aromatic carbocycles. The van der Waals surface area contributed by atoms with E-state index in [1.807, 2.05) is 0 Å². The number of aromatic nitrogens is 3. The highest BCUT2D eigenvalue weighted by molar-refractivity contribution is 7.19. The summed E-state index contributed by atoms with van der Waals surface area (Å²) in [5.41, 5.74) is 0.340. The van der Waals surface area contributed by atoms with Gasteiger partial charge in [0.15, 0.2) is 0 Å². The molecule has 9 heteroatoms. The SMILES string of the molecule is CNC(=O)c1sc2nc(C(F)(F)F)nn2c1C. The van der Waals surface area contributed by atoms with Gasteiger partial charge in [0.05, 0.1) is 5.69 Å². The summed E-state index contributed by atoms with van der Waals surface area (Å²) in [6.07, 6.45) is -4.58. The molecule has 0 fully saturated rings. The van der Waals surface area contributed by atoms with Gasteiger partial charge in [-0.15, -0.1) is 5.10 Å². The van der Waals surface area contributed by atoms with Crippen molar-refractivity contribution in [3.8, 4) is 0 Å². The number of amides is 1. The Morgan fingerprint density at radius 2 is 2.12 bits per heavy atom. The molecule has 2 rings (SSSR count). The van der Waals surface area contributed by atoms with E-state index in [0.717, 1.165) is 15.9 Å². The van der Waals surface area contributed by atoms with Gasteiger partial charge in [-0.1, -0.05) is 11.3 Å². The Labute approximate surface area is 97.3 Å². The second-order valence-corrected chi connectivity index (χ2v) is 4.20. The maximum absolute atomic E-state index is 12.3. The van der Waals surface area contributed by atoms with E-state index >= 15 is 0 Å². The van der Waals surface area contributed by atoms with Crippen molar-refractivity contribution >= 4 is 22.2 Å². The van der Waals surface area contributed by atoms with Crippen LogP contribution >= 0.6 is 11.3 Å². The second kappa shape index (κ2) is 3.69. The van der Waals surface area contributed by atoms with Gasteiger partial charge in [-0.2, -0.15) is 18.2 Å². The number of alkyl halides is 3. The molecule has 0 aliphatic heterocycles. The van der Waals surface area contributed by atoms with Crippen LogP contribution < -0.4 is 5.32 Å². The first-order valence-corrected chi connectivity index (χ1v) is 5.31. The predicted octanol–water partition coefficient (Wildman–Crippen LogP) is 1.48. The van der Waals surface area contributed by atoms with Crippen LogP contribution in [0.25, 0.3) is 4.96 Å². The number of carbonyl (C=O) groups is 1. The zero-order valence-corrected chi connectivity index (χ0v) is 9.61. The first kappa shape index (κ1) is 11.8. The number of halogens is 3. The molecule has 1 amide bonds. The van der Waals surface area contributed by atoms with Crippen LogP contribution in [0.4, 0.5) is 13.2 Å². The number of thiazole rings is 1. The van der Waals surface area contributed by atoms with Gasteiger partial charge in [-0.25, -0.2) is 4.52 Å². The third-order valence-electron chi connectivity index (χ3n) is 2.10. The molecule has 1 N–H and O–H groups in total. The Balaban J connectivity index is 2.57. The lowest BCUT2D eigenvalue weighted by molar-refractivity contribution is -0.144. The van der Waals surface area contributed by atoms with Gasteiger partial charge >= 0.3 is 6.18 Å². The van der Waals surface area contributed by atoms with Gasteiger partial charge in [0.1, 0.15) is 4.88 Å². The lowest BCUT2D eigenvalue weighted by Gasteiger charge is -1.99. The third kappa shape index (κ3) is 1.86. The Hall–Kier alpha value is -1.64. The summed E-state index contributed by atoms with van der Waals surface area (Å²) in [4.78, 5) is 15.1. The van der Waals surface area contributed by atoms with Crippen LogP contribution in [-0.2, 0) is 6.18 Å². The molecule has 2 heterocycles. The van der Waals surface area contributed by atoms with Crippen LogP contribution in [0.5, 0.6) is 0 Å². The van der Waals surface area contributed by atoms with Crippen LogP contribution in [0.15, 0.2) is 0 Å². The molecular weight excluding hydrogens is 257 g/mol. The van der Waals surface area contributed by atoms with E-state index in [0.29, 0.717) is 10.6 Å². The summed E-state index contributed by atoms with van der Waals surface area (Å²) in [6.45, 7) is 1.52. The summed E-state index contributed by atoms with van der Waals surface area (Å²) in [5.74, 6) is -1.57. The number of hydrogen-bond donors (Lipinski definition) is 1. The zero-order valence-electron chi connectivity index (χ0n) is 8.79.